The van der Waals surface area contributed by atoms with E-state index in [1.54, 1.807) is 56.8 Å². The van der Waals surface area contributed by atoms with Crippen LogP contribution in [0.2, 0.25) is 0 Å². The van der Waals surface area contributed by atoms with Crippen LogP contribution < -0.4 is 32.9 Å². The number of H-pyrrole nitrogens is 2. The number of aliphatic hydroxyl groups excluding tert-OH is 2. The molecule has 0 bridgehead atoms. The van der Waals surface area contributed by atoms with Crippen molar-refractivity contribution in [2.45, 2.75) is 38.1 Å². The molecule has 384 valence electrons. The van der Waals surface area contributed by atoms with Gasteiger partial charge in [0.15, 0.2) is 17.6 Å². The van der Waals surface area contributed by atoms with Gasteiger partial charge in [-0.3, -0.25) is 14.4 Å². The molecule has 0 spiro atoms. The summed E-state index contributed by atoms with van der Waals surface area (Å²) in [4.78, 5) is 66.6. The molecule has 2 amide bonds. The van der Waals surface area contributed by atoms with Crippen LogP contribution in [0.3, 0.4) is 0 Å². The summed E-state index contributed by atoms with van der Waals surface area (Å²) in [6, 6.07) is 19.8. The Bertz CT molecular complexity index is 3590. The molecule has 10 N–H and O–H groups in total. The molecule has 11 rings (SSSR count). The minimum atomic E-state index is -1.47. The lowest BCUT2D eigenvalue weighted by atomic mass is 9.83. The third-order valence-electron chi connectivity index (χ3n) is 12.0. The number of β-amino-alcohol motifs (C(OH)–C–C–N with tert-alkyl or cyclic N) is 2. The zero-order chi connectivity index (χ0) is 52.8. The quantitative estimate of drug-likeness (QED) is 0.0684. The van der Waals surface area contributed by atoms with Gasteiger partial charge >= 0.3 is 25.6 Å². The molecule has 9 aromatic rings. The third-order valence-corrected chi connectivity index (χ3v) is 15.3. The van der Waals surface area contributed by atoms with Gasteiger partial charge in [-0.05, 0) is 114 Å². The number of amides is 2. The second-order valence-electron chi connectivity index (χ2n) is 17.2. The molecule has 2 atom stereocenters. The standard InChI is InChI=1S/C21H21N5O3S.C15H13BrN4O3.C6H10BNO2S.C5H5BO3S/c1-22-9-15-6-13(11-30-15)12-2-3-16-17(20(28)25-5-4-14(27)10-25)8-19-23-24-21(29)26(19)18(16)7-12;16-8-1-2-10-11(14(22)19-4-3-9(21)7-19)6-13-17-18-15(23)20(13)12(10)5-8;1-8-3-6-2-5(4-11-6)7(9)10;7-2-5-1-4(3-10-5)6(8)9/h2-3,6-8,11,14,22,27H,4-5,9-10H2,1H3,(H,24,29);1-2,5-6,9,21H,3-4,7H2,(H,18,23);2,4,8-10H,3H2,1H3;1-3,8-9H/t14-;9-;;/m11../s1. The van der Waals surface area contributed by atoms with E-state index in [4.69, 9.17) is 20.1 Å². The van der Waals surface area contributed by atoms with E-state index in [0.717, 1.165) is 33.6 Å². The maximum atomic E-state index is 13.2. The molecule has 0 saturated carbocycles. The molecule has 0 radical (unpaired) electrons. The Morgan fingerprint density at radius 1 is 0.689 bits per heavy atom. The van der Waals surface area contributed by atoms with Gasteiger partial charge in [-0.15, -0.1) is 34.0 Å². The molecule has 21 nitrogen and oxygen atoms in total. The van der Waals surface area contributed by atoms with Crippen molar-refractivity contribution in [2.75, 3.05) is 40.3 Å². The van der Waals surface area contributed by atoms with Crippen LogP contribution in [0.4, 0.5) is 0 Å². The van der Waals surface area contributed by atoms with Crippen molar-refractivity contribution in [1.82, 2.24) is 49.6 Å². The molecular formula is C47H49B2BrN10O11S3. The number of thiophene rings is 3. The number of fused-ring (bicyclic) bond motifs is 6. The summed E-state index contributed by atoms with van der Waals surface area (Å²) in [5, 5.41) is 79.9. The fourth-order valence-corrected chi connectivity index (χ4v) is 11.3. The average molecular weight is 1130 g/mol. The second kappa shape index (κ2) is 24.0. The molecule has 0 aliphatic carbocycles. The van der Waals surface area contributed by atoms with E-state index in [1.165, 1.54) is 47.8 Å². The molecule has 2 fully saturated rings. The van der Waals surface area contributed by atoms with Crippen LogP contribution in [0.25, 0.3) is 44.2 Å². The van der Waals surface area contributed by atoms with Crippen LogP contribution in [0, 0.1) is 0 Å². The molecule has 2 aliphatic rings. The molecule has 74 heavy (non-hydrogen) atoms. The summed E-state index contributed by atoms with van der Waals surface area (Å²) in [6.45, 7) is 3.26. The molecule has 2 saturated heterocycles. The number of carbonyl (C=O) groups is 3. The fourth-order valence-electron chi connectivity index (χ4n) is 8.44. The van der Waals surface area contributed by atoms with E-state index in [1.807, 2.05) is 38.4 Å². The third kappa shape index (κ3) is 12.1. The number of nitrogens with zero attached hydrogens (tertiary/aromatic N) is 6. The lowest BCUT2D eigenvalue weighted by Crippen LogP contribution is -2.30. The number of carbonyl (C=O) groups excluding carboxylic acids is 3. The highest BCUT2D eigenvalue weighted by molar-refractivity contribution is 9.10. The maximum absolute atomic E-state index is 13.2. The van der Waals surface area contributed by atoms with Crippen LogP contribution in [-0.2, 0) is 13.1 Å². The topological polar surface area (TPSA) is 303 Å². The first-order valence-corrected chi connectivity index (χ1v) is 26.4. The molecule has 7 aromatic heterocycles. The van der Waals surface area contributed by atoms with Crippen LogP contribution in [0.1, 0.15) is 53.0 Å². The minimum Gasteiger partial charge on any atom is -0.423 e. The highest BCUT2D eigenvalue weighted by Gasteiger charge is 2.29. The van der Waals surface area contributed by atoms with Gasteiger partial charge in [0.25, 0.3) is 11.8 Å². The Labute approximate surface area is 441 Å². The molecule has 2 aliphatic heterocycles. The minimum absolute atomic E-state index is 0.158. The maximum Gasteiger partial charge on any atom is 0.489 e. The highest BCUT2D eigenvalue weighted by Crippen LogP contribution is 2.31. The zero-order valence-corrected chi connectivity index (χ0v) is 43.7. The van der Waals surface area contributed by atoms with Gasteiger partial charge in [-0.2, -0.15) is 10.2 Å². The van der Waals surface area contributed by atoms with E-state index in [2.05, 4.69) is 58.4 Å². The van der Waals surface area contributed by atoms with E-state index in [9.17, 15) is 34.2 Å². The molecule has 27 heteroatoms. The first kappa shape index (κ1) is 54.1. The summed E-state index contributed by atoms with van der Waals surface area (Å²) in [6.07, 6.45) is 0.867. The van der Waals surface area contributed by atoms with Gasteiger partial charge < -0.3 is 50.7 Å². The van der Waals surface area contributed by atoms with Crippen LogP contribution in [0.15, 0.2) is 96.9 Å². The number of nitrogens with one attached hydrogen (secondary N) is 4. The lowest BCUT2D eigenvalue weighted by molar-refractivity contribution is 0.0761. The molecule has 0 unspecified atom stereocenters. The second-order valence-corrected chi connectivity index (χ2v) is 21.0. The van der Waals surface area contributed by atoms with Crippen molar-refractivity contribution < 1.29 is 44.7 Å². The number of benzene rings is 2. The smallest absolute Gasteiger partial charge is 0.423 e. The van der Waals surface area contributed by atoms with Crippen molar-refractivity contribution >= 4 is 126 Å². The van der Waals surface area contributed by atoms with Gasteiger partial charge in [0.05, 0.1) is 39.2 Å². The van der Waals surface area contributed by atoms with Gasteiger partial charge in [-0.25, -0.2) is 28.6 Å². The Hall–Kier alpha value is -6.20. The lowest BCUT2D eigenvalue weighted by Gasteiger charge is -2.17. The first-order chi connectivity index (χ1) is 35.6. The van der Waals surface area contributed by atoms with Crippen molar-refractivity contribution in [1.29, 1.82) is 0 Å². The number of halogens is 1. The van der Waals surface area contributed by atoms with Crippen molar-refractivity contribution in [2.24, 2.45) is 0 Å². The van der Waals surface area contributed by atoms with E-state index < -0.39 is 26.4 Å². The van der Waals surface area contributed by atoms with Crippen LogP contribution in [-0.4, -0.2) is 154 Å². The van der Waals surface area contributed by atoms with Crippen LogP contribution >= 0.6 is 49.9 Å². The number of hydrogen-bond acceptors (Lipinski definition) is 18. The number of aromatic amines is 2. The number of aldehydes is 1. The number of likely N-dealkylation sites (tertiary alicyclic amines) is 2. The van der Waals surface area contributed by atoms with Gasteiger partial charge in [0.1, 0.15) is 0 Å². The number of aromatic nitrogens is 6. The van der Waals surface area contributed by atoms with Crippen LogP contribution in [0.5, 0.6) is 0 Å². The Balaban J connectivity index is 0.000000145. The van der Waals surface area contributed by atoms with Gasteiger partial charge in [0.2, 0.25) is 0 Å². The summed E-state index contributed by atoms with van der Waals surface area (Å²) < 4.78 is 3.74. The number of rotatable bonds is 10. The Morgan fingerprint density at radius 2 is 1.19 bits per heavy atom. The molecule has 2 aromatic carbocycles. The number of aliphatic hydroxyl groups is 2. The predicted octanol–water partition coefficient (Wildman–Crippen LogP) is 1.36. The summed E-state index contributed by atoms with van der Waals surface area (Å²) in [7, 11) is 0.964. The number of hydrogen-bond donors (Lipinski definition) is 10. The van der Waals surface area contributed by atoms with Gasteiger partial charge in [-0.1, -0.05) is 34.1 Å². The summed E-state index contributed by atoms with van der Waals surface area (Å²) >= 11 is 7.78. The first-order valence-electron chi connectivity index (χ1n) is 23.0. The normalized spacial score (nSPS) is 15.2. The largest absolute Gasteiger partial charge is 0.489 e. The zero-order valence-electron chi connectivity index (χ0n) is 39.6. The van der Waals surface area contributed by atoms with Crippen molar-refractivity contribution in [3.63, 3.8) is 0 Å². The summed E-state index contributed by atoms with van der Waals surface area (Å²) in [5.41, 5.74) is 5.28. The highest BCUT2D eigenvalue weighted by atomic mass is 79.9. The molecule has 9 heterocycles. The SMILES string of the molecule is CNCc1cc(-c2ccc3c(C(=O)N4CC[C@@H](O)C4)cc4n[nH]c(=O)n4c3c2)cs1.CNCc1cc(B(O)O)cs1.O=C(c1cc2n[nH]c(=O)n2c2cc(Br)ccc12)N1CC[C@@H](O)C1.O=Cc1cc(B(O)O)cs1. The van der Waals surface area contributed by atoms with E-state index in [0.29, 0.717) is 105 Å². The Morgan fingerprint density at radius 3 is 1.66 bits per heavy atom. The predicted molar refractivity (Wildman–Crippen MR) is 290 cm³/mol. The van der Waals surface area contributed by atoms with Crippen molar-refractivity contribution in [3.05, 3.63) is 134 Å². The summed E-state index contributed by atoms with van der Waals surface area (Å²) in [5.74, 6) is -0.319. The van der Waals surface area contributed by atoms with Crippen molar-refractivity contribution in [3.8, 4) is 11.1 Å². The van der Waals surface area contributed by atoms with Gasteiger partial charge in [0, 0.05) is 64.3 Å². The number of pyridine rings is 2. The van der Waals surface area contributed by atoms with E-state index >= 15 is 0 Å². The Kier molecular flexibility index (Phi) is 17.5. The average Bonchev–Trinajstić information content (AvgIpc) is 4.26. The fraction of sp³-hybridized carbons (Fsp3) is 0.255. The van der Waals surface area contributed by atoms with E-state index in [-0.39, 0.29) is 23.2 Å². The molecular weight excluding hydrogens is 1080 g/mol. The monoisotopic (exact) mass is 1130 g/mol.